The highest BCUT2D eigenvalue weighted by Gasteiger charge is 2.36. The molecule has 0 atom stereocenters. The first kappa shape index (κ1) is 17.0. The van der Waals surface area contributed by atoms with E-state index < -0.39 is 0 Å². The highest BCUT2D eigenvalue weighted by molar-refractivity contribution is 5.88. The molecule has 0 spiro atoms. The lowest BCUT2D eigenvalue weighted by molar-refractivity contribution is -0.135. The zero-order valence-corrected chi connectivity index (χ0v) is 14.8. The van der Waals surface area contributed by atoms with Gasteiger partial charge in [0, 0.05) is 52.7 Å². The number of hydrogen-bond donors (Lipinski definition) is 1. The largest absolute Gasteiger partial charge is 0.356 e. The summed E-state index contributed by atoms with van der Waals surface area (Å²) in [6, 6.07) is 0.501. The number of nitrogens with one attached hydrogen (secondary N) is 1. The van der Waals surface area contributed by atoms with E-state index in [0.717, 1.165) is 64.4 Å². The second-order valence-corrected chi connectivity index (χ2v) is 7.12. The van der Waals surface area contributed by atoms with E-state index in [0.29, 0.717) is 18.5 Å². The molecule has 0 radical (unpaired) electrons. The molecule has 0 aromatic heterocycles. The molecule has 1 N–H and O–H groups in total. The summed E-state index contributed by atoms with van der Waals surface area (Å²) in [6.07, 6.45) is 4.38. The number of amides is 2. The molecule has 3 fully saturated rings. The number of guanidine groups is 1. The lowest BCUT2D eigenvalue weighted by Gasteiger charge is -2.37. The Bertz CT molecular complexity index is 509. The summed E-state index contributed by atoms with van der Waals surface area (Å²) in [7, 11) is 1.78. The lowest BCUT2D eigenvalue weighted by atomic mass is 9.97. The minimum Gasteiger partial charge on any atom is -0.356 e. The summed E-state index contributed by atoms with van der Waals surface area (Å²) in [4.78, 5) is 34.0. The zero-order valence-electron chi connectivity index (χ0n) is 14.8. The van der Waals surface area contributed by atoms with Gasteiger partial charge >= 0.3 is 0 Å². The summed E-state index contributed by atoms with van der Waals surface area (Å²) in [5, 5.41) is 3.43. The quantitative estimate of drug-likeness (QED) is 0.588. The van der Waals surface area contributed by atoms with E-state index in [1.165, 1.54) is 0 Å². The Hall–Kier alpha value is -1.79. The number of hydrogen-bond acceptors (Lipinski definition) is 3. The predicted octanol–water partition coefficient (Wildman–Crippen LogP) is 0.127. The van der Waals surface area contributed by atoms with Gasteiger partial charge in [0.25, 0.3) is 0 Å². The van der Waals surface area contributed by atoms with Crippen molar-refractivity contribution in [1.82, 2.24) is 20.0 Å². The molecule has 1 aliphatic carbocycles. The molecule has 2 aliphatic heterocycles. The molecular weight excluding hydrogens is 306 g/mol. The van der Waals surface area contributed by atoms with Gasteiger partial charge in [-0.3, -0.25) is 14.6 Å². The van der Waals surface area contributed by atoms with Gasteiger partial charge in [0.2, 0.25) is 11.8 Å². The molecule has 1 saturated carbocycles. The monoisotopic (exact) mass is 335 g/mol. The van der Waals surface area contributed by atoms with Gasteiger partial charge in [-0.15, -0.1) is 0 Å². The van der Waals surface area contributed by atoms with Crippen molar-refractivity contribution in [2.45, 2.75) is 38.6 Å². The third kappa shape index (κ3) is 3.99. The fourth-order valence-corrected chi connectivity index (χ4v) is 3.66. The van der Waals surface area contributed by atoms with Gasteiger partial charge in [-0.05, 0) is 31.6 Å². The van der Waals surface area contributed by atoms with Crippen LogP contribution in [0.5, 0.6) is 0 Å². The van der Waals surface area contributed by atoms with E-state index in [4.69, 9.17) is 0 Å². The van der Waals surface area contributed by atoms with Crippen molar-refractivity contribution >= 4 is 17.8 Å². The maximum Gasteiger partial charge on any atom is 0.242 e. The van der Waals surface area contributed by atoms with Crippen molar-refractivity contribution in [3.63, 3.8) is 0 Å². The van der Waals surface area contributed by atoms with Crippen molar-refractivity contribution in [1.29, 1.82) is 0 Å². The third-order valence-corrected chi connectivity index (χ3v) is 5.36. The molecule has 0 unspecified atom stereocenters. The average Bonchev–Trinajstić information content (AvgIpc) is 3.41. The normalized spacial score (nSPS) is 23.7. The maximum absolute atomic E-state index is 12.3. The van der Waals surface area contributed by atoms with Crippen LogP contribution in [-0.2, 0) is 9.59 Å². The summed E-state index contributed by atoms with van der Waals surface area (Å²) in [6.45, 7) is 6.27. The molecule has 24 heavy (non-hydrogen) atoms. The number of piperidine rings is 1. The minimum atomic E-state index is 0.171. The Morgan fingerprint density at radius 1 is 1.12 bits per heavy atom. The van der Waals surface area contributed by atoms with Gasteiger partial charge in [0.05, 0.1) is 6.54 Å². The molecule has 2 saturated heterocycles. The SMILES string of the molecule is CN=C(NCC1CCN(C(C)=O)CC1)N1CCN(C2CC2)C(=O)C1. The standard InChI is InChI=1S/C17H29N5O2/c1-13(23)20-7-5-14(6-8-20)11-19-17(18-2)21-9-10-22(15-3-4-15)16(24)12-21/h14-15H,3-12H2,1-2H3,(H,18,19). The molecule has 2 amide bonds. The van der Waals surface area contributed by atoms with E-state index in [1.54, 1.807) is 14.0 Å². The average molecular weight is 335 g/mol. The number of nitrogens with zero attached hydrogens (tertiary/aromatic N) is 4. The van der Waals surface area contributed by atoms with Crippen LogP contribution in [0.4, 0.5) is 0 Å². The van der Waals surface area contributed by atoms with Crippen LogP contribution in [0.1, 0.15) is 32.6 Å². The second-order valence-electron chi connectivity index (χ2n) is 7.12. The number of carbonyl (C=O) groups is 2. The van der Waals surface area contributed by atoms with E-state index in [-0.39, 0.29) is 11.8 Å². The highest BCUT2D eigenvalue weighted by atomic mass is 16.2. The number of aliphatic imine (C=N–C) groups is 1. The summed E-state index contributed by atoms with van der Waals surface area (Å²) in [5.41, 5.74) is 0. The van der Waals surface area contributed by atoms with Crippen molar-refractivity contribution in [3.8, 4) is 0 Å². The Labute approximate surface area is 144 Å². The molecule has 134 valence electrons. The Morgan fingerprint density at radius 3 is 2.38 bits per heavy atom. The topological polar surface area (TPSA) is 68.2 Å². The fourth-order valence-electron chi connectivity index (χ4n) is 3.66. The molecule has 0 aromatic rings. The van der Waals surface area contributed by atoms with Gasteiger partial charge in [-0.2, -0.15) is 0 Å². The van der Waals surface area contributed by atoms with E-state index in [1.807, 2.05) is 9.80 Å². The van der Waals surface area contributed by atoms with Crippen LogP contribution in [0, 0.1) is 5.92 Å². The first-order chi connectivity index (χ1) is 11.6. The maximum atomic E-state index is 12.3. The molecule has 2 heterocycles. The van der Waals surface area contributed by atoms with E-state index in [2.05, 4.69) is 15.2 Å². The van der Waals surface area contributed by atoms with Crippen LogP contribution in [0.3, 0.4) is 0 Å². The molecule has 0 aromatic carbocycles. The zero-order chi connectivity index (χ0) is 17.1. The number of rotatable bonds is 3. The molecule has 3 rings (SSSR count). The minimum absolute atomic E-state index is 0.171. The molecule has 7 heteroatoms. The fraction of sp³-hybridized carbons (Fsp3) is 0.824. The number of piperazine rings is 1. The smallest absolute Gasteiger partial charge is 0.242 e. The van der Waals surface area contributed by atoms with Crippen LogP contribution in [0.25, 0.3) is 0 Å². The van der Waals surface area contributed by atoms with Gasteiger partial charge in [-0.1, -0.05) is 0 Å². The first-order valence-electron chi connectivity index (χ1n) is 9.09. The van der Waals surface area contributed by atoms with Crippen molar-refractivity contribution in [2.75, 3.05) is 46.3 Å². The third-order valence-electron chi connectivity index (χ3n) is 5.36. The Balaban J connectivity index is 1.44. The van der Waals surface area contributed by atoms with Crippen molar-refractivity contribution in [2.24, 2.45) is 10.9 Å². The van der Waals surface area contributed by atoms with Crippen LogP contribution in [0.15, 0.2) is 4.99 Å². The number of likely N-dealkylation sites (tertiary alicyclic amines) is 1. The van der Waals surface area contributed by atoms with Crippen LogP contribution >= 0.6 is 0 Å². The first-order valence-corrected chi connectivity index (χ1v) is 9.09. The molecule has 7 nitrogen and oxygen atoms in total. The van der Waals surface area contributed by atoms with Gasteiger partial charge < -0.3 is 20.0 Å². The Kier molecular flexibility index (Phi) is 5.26. The van der Waals surface area contributed by atoms with Crippen LogP contribution in [0.2, 0.25) is 0 Å². The van der Waals surface area contributed by atoms with Gasteiger partial charge in [0.1, 0.15) is 0 Å². The summed E-state index contributed by atoms with van der Waals surface area (Å²) in [5.74, 6) is 1.78. The van der Waals surface area contributed by atoms with Gasteiger partial charge in [-0.25, -0.2) is 0 Å². The molecular formula is C17H29N5O2. The van der Waals surface area contributed by atoms with Crippen LogP contribution < -0.4 is 5.32 Å². The molecule has 3 aliphatic rings. The lowest BCUT2D eigenvalue weighted by Crippen LogP contribution is -2.56. The van der Waals surface area contributed by atoms with Gasteiger partial charge in [0.15, 0.2) is 5.96 Å². The van der Waals surface area contributed by atoms with Crippen molar-refractivity contribution in [3.05, 3.63) is 0 Å². The van der Waals surface area contributed by atoms with Crippen LogP contribution in [-0.4, -0.2) is 84.8 Å². The predicted molar refractivity (Wildman–Crippen MR) is 92.6 cm³/mol. The molecule has 0 bridgehead atoms. The van der Waals surface area contributed by atoms with Crippen molar-refractivity contribution < 1.29 is 9.59 Å². The second kappa shape index (κ2) is 7.40. The Morgan fingerprint density at radius 2 is 1.83 bits per heavy atom. The van der Waals surface area contributed by atoms with E-state index >= 15 is 0 Å². The summed E-state index contributed by atoms with van der Waals surface area (Å²) >= 11 is 0. The summed E-state index contributed by atoms with van der Waals surface area (Å²) < 4.78 is 0. The number of carbonyl (C=O) groups excluding carboxylic acids is 2. The highest BCUT2D eigenvalue weighted by Crippen LogP contribution is 2.28. The van der Waals surface area contributed by atoms with E-state index in [9.17, 15) is 9.59 Å².